The summed E-state index contributed by atoms with van der Waals surface area (Å²) < 4.78 is 43.7. The third-order valence-corrected chi connectivity index (χ3v) is 4.82. The second-order valence-corrected chi connectivity index (χ2v) is 6.98. The normalized spacial score (nSPS) is 12.3. The van der Waals surface area contributed by atoms with Gasteiger partial charge in [-0.05, 0) is 60.0 Å². The van der Waals surface area contributed by atoms with Crippen LogP contribution in [-0.2, 0) is 6.18 Å². The molecule has 0 heterocycles. The third kappa shape index (κ3) is 5.99. The molecule has 0 atom stereocenters. The predicted octanol–water partition coefficient (Wildman–Crippen LogP) is 7.14. The van der Waals surface area contributed by atoms with E-state index >= 15 is 0 Å². The Morgan fingerprint density at radius 3 is 2.14 bits per heavy atom. The van der Waals surface area contributed by atoms with Crippen molar-refractivity contribution in [3.8, 4) is 5.75 Å². The van der Waals surface area contributed by atoms with Crippen molar-refractivity contribution in [2.75, 3.05) is 7.11 Å². The maximum absolute atomic E-state index is 12.9. The van der Waals surface area contributed by atoms with Gasteiger partial charge < -0.3 is 4.74 Å². The monoisotopic (exact) mass is 413 g/mol. The van der Waals surface area contributed by atoms with Gasteiger partial charge in [-0.25, -0.2) is 4.99 Å². The molecule has 0 aliphatic heterocycles. The lowest BCUT2D eigenvalue weighted by Crippen LogP contribution is -2.05. The van der Waals surface area contributed by atoms with Crippen LogP contribution in [0.3, 0.4) is 0 Å². The van der Waals surface area contributed by atoms with Crippen LogP contribution in [0.15, 0.2) is 100 Å². The second-order valence-electron chi connectivity index (χ2n) is 6.00. The molecule has 0 aromatic heterocycles. The number of benzene rings is 3. The molecule has 0 aliphatic carbocycles. The largest absolute Gasteiger partial charge is 0.497 e. The van der Waals surface area contributed by atoms with Crippen molar-refractivity contribution in [3.05, 3.63) is 101 Å². The molecule has 2 nitrogen and oxygen atoms in total. The Bertz CT molecular complexity index is 979. The van der Waals surface area contributed by atoms with Gasteiger partial charge >= 0.3 is 6.18 Å². The Hall–Kier alpha value is -2.99. The Morgan fingerprint density at radius 2 is 1.55 bits per heavy atom. The van der Waals surface area contributed by atoms with Gasteiger partial charge in [0.2, 0.25) is 0 Å². The zero-order chi connectivity index (χ0) is 20.7. The SMILES string of the molecule is COc1ccc(SC=CC(=Nc2ccccc2)c2ccc(C(F)(F)F)cc2)cc1. The van der Waals surface area contributed by atoms with E-state index in [-0.39, 0.29) is 0 Å². The average Bonchev–Trinajstić information content (AvgIpc) is 2.74. The van der Waals surface area contributed by atoms with Crippen LogP contribution >= 0.6 is 11.8 Å². The Morgan fingerprint density at radius 1 is 0.897 bits per heavy atom. The summed E-state index contributed by atoms with van der Waals surface area (Å²) in [5, 5.41) is 1.86. The molecule has 0 N–H and O–H groups in total. The van der Waals surface area contributed by atoms with Crippen molar-refractivity contribution in [2.24, 2.45) is 4.99 Å². The Balaban J connectivity index is 1.86. The molecule has 0 bridgehead atoms. The molecule has 0 spiro atoms. The van der Waals surface area contributed by atoms with Crippen molar-refractivity contribution in [1.29, 1.82) is 0 Å². The van der Waals surface area contributed by atoms with Gasteiger partial charge in [-0.3, -0.25) is 0 Å². The number of para-hydroxylation sites is 1. The van der Waals surface area contributed by atoms with Gasteiger partial charge in [-0.1, -0.05) is 42.1 Å². The van der Waals surface area contributed by atoms with E-state index in [4.69, 9.17) is 4.74 Å². The van der Waals surface area contributed by atoms with E-state index in [0.717, 1.165) is 28.5 Å². The van der Waals surface area contributed by atoms with Gasteiger partial charge in [0, 0.05) is 10.5 Å². The molecule has 0 saturated carbocycles. The van der Waals surface area contributed by atoms with Crippen LogP contribution in [0, 0.1) is 0 Å². The number of allylic oxidation sites excluding steroid dienone is 1. The topological polar surface area (TPSA) is 21.6 Å². The van der Waals surface area contributed by atoms with E-state index < -0.39 is 11.7 Å². The van der Waals surface area contributed by atoms with Gasteiger partial charge in [-0.2, -0.15) is 13.2 Å². The molecule has 0 radical (unpaired) electrons. The summed E-state index contributed by atoms with van der Waals surface area (Å²) >= 11 is 1.48. The number of aliphatic imine (C=N–C) groups is 1. The fourth-order valence-corrected chi connectivity index (χ4v) is 3.15. The summed E-state index contributed by atoms with van der Waals surface area (Å²) in [6.07, 6.45) is -2.57. The van der Waals surface area contributed by atoms with E-state index in [1.54, 1.807) is 13.2 Å². The van der Waals surface area contributed by atoms with E-state index in [0.29, 0.717) is 11.3 Å². The van der Waals surface area contributed by atoms with Gasteiger partial charge in [0.25, 0.3) is 0 Å². The number of thioether (sulfide) groups is 1. The quantitative estimate of drug-likeness (QED) is 0.316. The van der Waals surface area contributed by atoms with Crippen LogP contribution < -0.4 is 4.74 Å². The molecule has 148 valence electrons. The molecule has 3 aromatic carbocycles. The summed E-state index contributed by atoms with van der Waals surface area (Å²) in [7, 11) is 1.61. The van der Waals surface area contributed by atoms with Crippen molar-refractivity contribution >= 4 is 23.2 Å². The van der Waals surface area contributed by atoms with Crippen molar-refractivity contribution in [3.63, 3.8) is 0 Å². The lowest BCUT2D eigenvalue weighted by atomic mass is 10.1. The number of halogens is 3. The Kier molecular flexibility index (Phi) is 6.77. The van der Waals surface area contributed by atoms with Crippen LogP contribution in [0.5, 0.6) is 5.75 Å². The lowest BCUT2D eigenvalue weighted by molar-refractivity contribution is -0.137. The maximum atomic E-state index is 12.9. The molecular weight excluding hydrogens is 395 g/mol. The van der Waals surface area contributed by atoms with Gasteiger partial charge in [0.05, 0.1) is 24.1 Å². The highest BCUT2D eigenvalue weighted by Gasteiger charge is 2.30. The number of alkyl halides is 3. The van der Waals surface area contributed by atoms with Crippen LogP contribution in [0.25, 0.3) is 0 Å². The van der Waals surface area contributed by atoms with Gasteiger partial charge in [0.15, 0.2) is 0 Å². The Labute approximate surface area is 171 Å². The zero-order valence-corrected chi connectivity index (χ0v) is 16.4. The van der Waals surface area contributed by atoms with Crippen LogP contribution in [0.1, 0.15) is 11.1 Å². The highest BCUT2D eigenvalue weighted by molar-refractivity contribution is 8.02. The molecule has 3 aromatic rings. The first kappa shape index (κ1) is 20.7. The van der Waals surface area contributed by atoms with Crippen LogP contribution in [-0.4, -0.2) is 12.8 Å². The second kappa shape index (κ2) is 9.47. The predicted molar refractivity (Wildman–Crippen MR) is 112 cm³/mol. The van der Waals surface area contributed by atoms with Crippen molar-refractivity contribution < 1.29 is 17.9 Å². The highest BCUT2D eigenvalue weighted by atomic mass is 32.2. The fraction of sp³-hybridized carbons (Fsp3) is 0.0870. The fourth-order valence-electron chi connectivity index (χ4n) is 2.50. The first-order chi connectivity index (χ1) is 14.0. The minimum atomic E-state index is -4.37. The third-order valence-electron chi connectivity index (χ3n) is 4.00. The smallest absolute Gasteiger partial charge is 0.416 e. The van der Waals surface area contributed by atoms with E-state index in [1.165, 1.54) is 23.9 Å². The first-order valence-electron chi connectivity index (χ1n) is 8.74. The number of rotatable bonds is 6. The number of hydrogen-bond donors (Lipinski definition) is 0. The molecule has 6 heteroatoms. The number of nitrogens with zero attached hydrogens (tertiary/aromatic N) is 1. The number of methoxy groups -OCH3 is 1. The molecule has 0 aliphatic rings. The minimum Gasteiger partial charge on any atom is -0.497 e. The van der Waals surface area contributed by atoms with Gasteiger partial charge in [0.1, 0.15) is 5.75 Å². The van der Waals surface area contributed by atoms with E-state index in [1.807, 2.05) is 60.0 Å². The number of hydrogen-bond acceptors (Lipinski definition) is 3. The maximum Gasteiger partial charge on any atom is 0.416 e. The molecule has 0 fully saturated rings. The summed E-state index contributed by atoms with van der Waals surface area (Å²) in [5.74, 6) is 0.773. The van der Waals surface area contributed by atoms with Crippen LogP contribution in [0.4, 0.5) is 18.9 Å². The molecule has 0 amide bonds. The standard InChI is InChI=1S/C23H18F3NOS/c1-28-20-11-13-21(14-12-20)29-16-15-22(27-19-5-3-2-4-6-19)17-7-9-18(10-8-17)23(24,25)26/h2-16H,1H3. The average molecular weight is 413 g/mol. The van der Waals surface area contributed by atoms with Crippen molar-refractivity contribution in [1.82, 2.24) is 0 Å². The van der Waals surface area contributed by atoms with Crippen LogP contribution in [0.2, 0.25) is 0 Å². The molecule has 29 heavy (non-hydrogen) atoms. The van der Waals surface area contributed by atoms with Crippen molar-refractivity contribution in [2.45, 2.75) is 11.1 Å². The highest BCUT2D eigenvalue weighted by Crippen LogP contribution is 2.29. The first-order valence-corrected chi connectivity index (χ1v) is 9.62. The summed E-state index contributed by atoms with van der Waals surface area (Å²) in [6.45, 7) is 0. The number of ether oxygens (including phenoxy) is 1. The minimum absolute atomic E-state index is 0.575. The van der Waals surface area contributed by atoms with E-state index in [2.05, 4.69) is 4.99 Å². The van der Waals surface area contributed by atoms with E-state index in [9.17, 15) is 13.2 Å². The summed E-state index contributed by atoms with van der Waals surface area (Å²) in [4.78, 5) is 5.60. The lowest BCUT2D eigenvalue weighted by Gasteiger charge is -2.08. The summed E-state index contributed by atoms with van der Waals surface area (Å²) in [5.41, 5.74) is 1.22. The summed E-state index contributed by atoms with van der Waals surface area (Å²) in [6, 6.07) is 21.9. The molecule has 0 unspecified atom stereocenters. The molecular formula is C23H18F3NOS. The zero-order valence-electron chi connectivity index (χ0n) is 15.6. The molecule has 0 saturated heterocycles. The molecule has 3 rings (SSSR count). The van der Waals surface area contributed by atoms with Gasteiger partial charge in [-0.15, -0.1) is 0 Å².